The fraction of sp³-hybridized carbons (Fsp3) is 0.500. The number of hydrogen-bond donors (Lipinski definition) is 2. The van der Waals surface area contributed by atoms with Crippen LogP contribution in [0, 0.1) is 0 Å². The summed E-state index contributed by atoms with van der Waals surface area (Å²) in [4.78, 5) is 7.18. The number of aliphatic imine (C=N–C) groups is 1. The molecule has 5 nitrogen and oxygen atoms in total. The molecule has 1 aliphatic rings. The van der Waals surface area contributed by atoms with E-state index >= 15 is 0 Å². The van der Waals surface area contributed by atoms with Crippen LogP contribution in [0.5, 0.6) is 0 Å². The lowest BCUT2D eigenvalue weighted by Gasteiger charge is -2.33. The highest BCUT2D eigenvalue weighted by Crippen LogP contribution is 2.15. The quantitative estimate of drug-likeness (QED) is 0.472. The van der Waals surface area contributed by atoms with E-state index in [0.717, 1.165) is 50.5 Å². The Morgan fingerprint density at radius 1 is 1.21 bits per heavy atom. The summed E-state index contributed by atoms with van der Waals surface area (Å²) >= 11 is 1.77. The van der Waals surface area contributed by atoms with Crippen LogP contribution in [0.1, 0.15) is 30.9 Å². The van der Waals surface area contributed by atoms with Crippen molar-refractivity contribution >= 4 is 28.1 Å². The highest BCUT2D eigenvalue weighted by atomic mass is 32.2. The highest BCUT2D eigenvalue weighted by Gasteiger charge is 2.20. The van der Waals surface area contributed by atoms with Gasteiger partial charge in [-0.25, -0.2) is 0 Å². The number of hydrogen-bond acceptors (Lipinski definition) is 4. The van der Waals surface area contributed by atoms with Gasteiger partial charge < -0.3 is 10.6 Å². The van der Waals surface area contributed by atoms with Gasteiger partial charge in [-0.1, -0.05) is 30.3 Å². The average molecular weight is 433 g/mol. The molecular formula is C22H32N4OS2. The van der Waals surface area contributed by atoms with Crippen LogP contribution in [0.2, 0.25) is 0 Å². The number of guanidine groups is 1. The van der Waals surface area contributed by atoms with E-state index in [9.17, 15) is 4.21 Å². The van der Waals surface area contributed by atoms with Gasteiger partial charge in [-0.05, 0) is 47.7 Å². The van der Waals surface area contributed by atoms with Crippen molar-refractivity contribution in [2.45, 2.75) is 38.1 Å². The molecule has 1 fully saturated rings. The molecule has 3 rings (SSSR count). The van der Waals surface area contributed by atoms with Gasteiger partial charge in [0.2, 0.25) is 0 Å². The van der Waals surface area contributed by atoms with Crippen molar-refractivity contribution in [3.63, 3.8) is 0 Å². The van der Waals surface area contributed by atoms with Crippen LogP contribution in [0.3, 0.4) is 0 Å². The van der Waals surface area contributed by atoms with Crippen molar-refractivity contribution in [1.82, 2.24) is 15.5 Å². The van der Waals surface area contributed by atoms with Crippen LogP contribution in [-0.2, 0) is 23.1 Å². The summed E-state index contributed by atoms with van der Waals surface area (Å²) in [5, 5.41) is 11.3. The maximum atomic E-state index is 12.3. The van der Waals surface area contributed by atoms with Crippen molar-refractivity contribution in [3.8, 4) is 0 Å². The summed E-state index contributed by atoms with van der Waals surface area (Å²) in [6, 6.07) is 12.7. The van der Waals surface area contributed by atoms with E-state index in [1.165, 1.54) is 5.56 Å². The normalized spacial score (nSPS) is 17.2. The number of likely N-dealkylation sites (tertiary alicyclic amines) is 1. The second-order valence-corrected chi connectivity index (χ2v) is 9.72. The molecule has 2 heterocycles. The van der Waals surface area contributed by atoms with Gasteiger partial charge >= 0.3 is 0 Å². The molecule has 1 atom stereocenters. The zero-order valence-electron chi connectivity index (χ0n) is 17.2. The Balaban J connectivity index is 1.40. The van der Waals surface area contributed by atoms with E-state index in [0.29, 0.717) is 24.1 Å². The summed E-state index contributed by atoms with van der Waals surface area (Å²) in [5.41, 5.74) is 2.54. The minimum Gasteiger partial charge on any atom is -0.357 e. The SMILES string of the molecule is CCNC(=NCCS(=O)Cc1ccccc1)NC1CCN(Cc2ccsc2)CC1. The molecule has 1 aromatic carbocycles. The first-order valence-electron chi connectivity index (χ1n) is 10.4. The summed E-state index contributed by atoms with van der Waals surface area (Å²) < 4.78 is 12.3. The number of thiophene rings is 1. The van der Waals surface area contributed by atoms with Crippen molar-refractivity contribution in [2.75, 3.05) is 31.9 Å². The Labute approximate surface area is 181 Å². The highest BCUT2D eigenvalue weighted by molar-refractivity contribution is 7.84. The molecule has 1 unspecified atom stereocenters. The lowest BCUT2D eigenvalue weighted by Crippen LogP contribution is -2.48. The zero-order valence-corrected chi connectivity index (χ0v) is 18.8. The van der Waals surface area contributed by atoms with Gasteiger partial charge in [0.1, 0.15) is 0 Å². The molecule has 0 aliphatic carbocycles. The van der Waals surface area contributed by atoms with E-state index in [-0.39, 0.29) is 0 Å². The smallest absolute Gasteiger partial charge is 0.191 e. The number of piperidine rings is 1. The van der Waals surface area contributed by atoms with Crippen molar-refractivity contribution in [1.29, 1.82) is 0 Å². The van der Waals surface area contributed by atoms with Gasteiger partial charge in [0.25, 0.3) is 0 Å². The monoisotopic (exact) mass is 432 g/mol. The van der Waals surface area contributed by atoms with Gasteiger partial charge in [-0.15, -0.1) is 0 Å². The summed E-state index contributed by atoms with van der Waals surface area (Å²) in [7, 11) is -0.887. The van der Waals surface area contributed by atoms with Crippen LogP contribution in [0.15, 0.2) is 52.2 Å². The van der Waals surface area contributed by atoms with E-state index in [1.54, 1.807) is 11.3 Å². The molecule has 0 spiro atoms. The lowest BCUT2D eigenvalue weighted by molar-refractivity contribution is 0.198. The summed E-state index contributed by atoms with van der Waals surface area (Å²) in [5.74, 6) is 2.04. The molecule has 158 valence electrons. The standard InChI is InChI=1S/C22H32N4OS2/c1-2-23-22(24-11-15-29(27)18-19-6-4-3-5-7-19)25-21-8-12-26(13-9-21)16-20-10-14-28-17-20/h3-7,10,14,17,21H,2,8-9,11-13,15-16,18H2,1H3,(H2,23,24,25). The number of nitrogens with one attached hydrogen (secondary N) is 2. The second-order valence-electron chi connectivity index (χ2n) is 7.36. The van der Waals surface area contributed by atoms with E-state index in [2.05, 4.69) is 44.3 Å². The molecule has 7 heteroatoms. The van der Waals surface area contributed by atoms with Crippen LogP contribution in [-0.4, -0.2) is 53.0 Å². The third-order valence-electron chi connectivity index (χ3n) is 5.02. The van der Waals surface area contributed by atoms with Crippen molar-refractivity contribution < 1.29 is 4.21 Å². The lowest BCUT2D eigenvalue weighted by atomic mass is 10.0. The second kappa shape index (κ2) is 12.1. The first-order chi connectivity index (χ1) is 14.2. The third-order valence-corrected chi connectivity index (χ3v) is 7.04. The molecular weight excluding hydrogens is 400 g/mol. The molecule has 29 heavy (non-hydrogen) atoms. The van der Waals surface area contributed by atoms with Gasteiger partial charge in [-0.3, -0.25) is 14.1 Å². The third kappa shape index (κ3) is 7.91. The largest absolute Gasteiger partial charge is 0.357 e. The zero-order chi connectivity index (χ0) is 20.3. The molecule has 1 aliphatic heterocycles. The minimum atomic E-state index is -0.887. The van der Waals surface area contributed by atoms with Crippen LogP contribution in [0.4, 0.5) is 0 Å². The van der Waals surface area contributed by atoms with Crippen LogP contribution in [0.25, 0.3) is 0 Å². The van der Waals surface area contributed by atoms with E-state index in [1.807, 2.05) is 30.3 Å². The molecule has 2 aromatic rings. The Hall–Kier alpha value is -1.70. The first-order valence-corrected chi connectivity index (χ1v) is 12.8. The molecule has 0 radical (unpaired) electrons. The van der Waals surface area contributed by atoms with Crippen molar-refractivity contribution in [3.05, 3.63) is 58.3 Å². The molecule has 1 saturated heterocycles. The van der Waals surface area contributed by atoms with Gasteiger partial charge in [0.15, 0.2) is 5.96 Å². The maximum absolute atomic E-state index is 12.3. The number of benzene rings is 1. The van der Waals surface area contributed by atoms with Crippen LogP contribution < -0.4 is 10.6 Å². The summed E-state index contributed by atoms with van der Waals surface area (Å²) in [6.45, 7) is 6.75. The molecule has 1 aromatic heterocycles. The molecule has 2 N–H and O–H groups in total. The fourth-order valence-electron chi connectivity index (χ4n) is 3.48. The molecule has 0 bridgehead atoms. The Morgan fingerprint density at radius 2 is 2.00 bits per heavy atom. The minimum absolute atomic E-state index is 0.446. The number of nitrogens with zero attached hydrogens (tertiary/aromatic N) is 2. The van der Waals surface area contributed by atoms with E-state index in [4.69, 9.17) is 0 Å². The van der Waals surface area contributed by atoms with Gasteiger partial charge in [0, 0.05) is 54.5 Å². The van der Waals surface area contributed by atoms with E-state index < -0.39 is 10.8 Å². The fourth-order valence-corrected chi connectivity index (χ4v) is 5.14. The van der Waals surface area contributed by atoms with Crippen molar-refractivity contribution in [2.24, 2.45) is 4.99 Å². The molecule has 0 amide bonds. The topological polar surface area (TPSA) is 56.7 Å². The molecule has 0 saturated carbocycles. The predicted molar refractivity (Wildman–Crippen MR) is 125 cm³/mol. The Morgan fingerprint density at radius 3 is 2.69 bits per heavy atom. The maximum Gasteiger partial charge on any atom is 0.191 e. The van der Waals surface area contributed by atoms with Gasteiger partial charge in [0.05, 0.1) is 6.54 Å². The summed E-state index contributed by atoms with van der Waals surface area (Å²) in [6.07, 6.45) is 2.24. The van der Waals surface area contributed by atoms with Gasteiger partial charge in [-0.2, -0.15) is 11.3 Å². The Bertz CT molecular complexity index is 756. The van der Waals surface area contributed by atoms with Crippen LogP contribution >= 0.6 is 11.3 Å². The number of rotatable bonds is 9. The Kier molecular flexibility index (Phi) is 9.18. The predicted octanol–water partition coefficient (Wildman–Crippen LogP) is 3.22. The average Bonchev–Trinajstić information content (AvgIpc) is 3.23. The first kappa shape index (κ1) is 22.0.